The van der Waals surface area contributed by atoms with E-state index < -0.39 is 0 Å². The normalized spacial score (nSPS) is 14.9. The molecular formula is C13H14N2O2. The monoisotopic (exact) mass is 230 g/mol. The topological polar surface area (TPSA) is 55.1 Å². The van der Waals surface area contributed by atoms with Gasteiger partial charge in [0.25, 0.3) is 5.56 Å². The molecule has 17 heavy (non-hydrogen) atoms. The minimum absolute atomic E-state index is 0.00523. The first kappa shape index (κ1) is 10.5. The molecule has 1 aliphatic heterocycles. The molecule has 0 aliphatic carbocycles. The van der Waals surface area contributed by atoms with E-state index in [1.54, 1.807) is 10.6 Å². The van der Waals surface area contributed by atoms with E-state index in [0.29, 0.717) is 16.5 Å². The van der Waals surface area contributed by atoms with Crippen LogP contribution in [0.1, 0.15) is 24.2 Å². The van der Waals surface area contributed by atoms with Crippen LogP contribution in [0.25, 0.3) is 10.9 Å². The lowest BCUT2D eigenvalue weighted by Crippen LogP contribution is -2.28. The lowest BCUT2D eigenvalue weighted by molar-refractivity contribution is 0.283. The third-order valence-electron chi connectivity index (χ3n) is 3.35. The molecule has 4 nitrogen and oxygen atoms in total. The zero-order chi connectivity index (χ0) is 11.8. The van der Waals surface area contributed by atoms with Crippen molar-refractivity contribution < 1.29 is 5.11 Å². The SMILES string of the molecule is O=c1c2c(CO)cccc2nc2n1CCCC2. The number of hydrogen-bond acceptors (Lipinski definition) is 3. The van der Waals surface area contributed by atoms with Gasteiger partial charge in [-0.05, 0) is 24.5 Å². The van der Waals surface area contributed by atoms with E-state index in [-0.39, 0.29) is 12.2 Å². The number of benzene rings is 1. The predicted molar refractivity (Wildman–Crippen MR) is 64.9 cm³/mol. The Morgan fingerprint density at radius 2 is 2.24 bits per heavy atom. The first-order valence-corrected chi connectivity index (χ1v) is 5.93. The van der Waals surface area contributed by atoms with Gasteiger partial charge < -0.3 is 5.11 Å². The van der Waals surface area contributed by atoms with Crippen molar-refractivity contribution in [3.8, 4) is 0 Å². The maximum Gasteiger partial charge on any atom is 0.261 e. The summed E-state index contributed by atoms with van der Waals surface area (Å²) >= 11 is 0. The van der Waals surface area contributed by atoms with Crippen LogP contribution in [0.4, 0.5) is 0 Å². The molecule has 2 heterocycles. The Hall–Kier alpha value is -1.68. The van der Waals surface area contributed by atoms with Gasteiger partial charge >= 0.3 is 0 Å². The Morgan fingerprint density at radius 1 is 1.35 bits per heavy atom. The molecule has 0 amide bonds. The summed E-state index contributed by atoms with van der Waals surface area (Å²) in [4.78, 5) is 16.9. The van der Waals surface area contributed by atoms with Gasteiger partial charge in [-0.3, -0.25) is 9.36 Å². The van der Waals surface area contributed by atoms with Crippen molar-refractivity contribution in [2.24, 2.45) is 0 Å². The van der Waals surface area contributed by atoms with Gasteiger partial charge in [0.2, 0.25) is 0 Å². The summed E-state index contributed by atoms with van der Waals surface area (Å²) in [5.74, 6) is 0.879. The third-order valence-corrected chi connectivity index (χ3v) is 3.35. The largest absolute Gasteiger partial charge is 0.392 e. The van der Waals surface area contributed by atoms with Crippen LogP contribution < -0.4 is 5.56 Å². The summed E-state index contributed by atoms with van der Waals surface area (Å²) in [5.41, 5.74) is 1.37. The van der Waals surface area contributed by atoms with E-state index >= 15 is 0 Å². The molecule has 4 heteroatoms. The van der Waals surface area contributed by atoms with E-state index in [1.165, 1.54) is 0 Å². The van der Waals surface area contributed by atoms with Crippen molar-refractivity contribution >= 4 is 10.9 Å². The van der Waals surface area contributed by atoms with Crippen molar-refractivity contribution in [3.63, 3.8) is 0 Å². The van der Waals surface area contributed by atoms with E-state index in [1.807, 2.05) is 12.1 Å². The number of aryl methyl sites for hydroxylation is 1. The van der Waals surface area contributed by atoms with E-state index in [4.69, 9.17) is 0 Å². The Balaban J connectivity index is 2.41. The minimum atomic E-state index is -0.117. The standard InChI is InChI=1S/C13H14N2O2/c16-8-9-4-3-5-10-12(9)13(17)15-7-2-1-6-11(15)14-10/h3-5,16H,1-2,6-8H2. The third kappa shape index (κ3) is 1.56. The highest BCUT2D eigenvalue weighted by atomic mass is 16.3. The zero-order valence-electron chi connectivity index (χ0n) is 9.52. The number of hydrogen-bond donors (Lipinski definition) is 1. The number of aliphatic hydroxyl groups excluding tert-OH is 1. The molecular weight excluding hydrogens is 216 g/mol. The van der Waals surface area contributed by atoms with Crippen LogP contribution in [0.2, 0.25) is 0 Å². The van der Waals surface area contributed by atoms with E-state index in [0.717, 1.165) is 31.6 Å². The fraction of sp³-hybridized carbons (Fsp3) is 0.385. The molecule has 88 valence electrons. The molecule has 1 N–H and O–H groups in total. The molecule has 1 aromatic heterocycles. The predicted octanol–water partition coefficient (Wildman–Crippen LogP) is 1.23. The first-order chi connectivity index (χ1) is 8.31. The van der Waals surface area contributed by atoms with Crippen LogP contribution in [0.15, 0.2) is 23.0 Å². The molecule has 1 aliphatic rings. The summed E-state index contributed by atoms with van der Waals surface area (Å²) in [6.07, 6.45) is 2.99. The Kier molecular flexibility index (Phi) is 2.44. The number of aliphatic hydroxyl groups is 1. The molecule has 0 saturated carbocycles. The first-order valence-electron chi connectivity index (χ1n) is 5.93. The number of aromatic nitrogens is 2. The number of nitrogens with zero attached hydrogens (tertiary/aromatic N) is 2. The second kappa shape index (κ2) is 3.96. The van der Waals surface area contributed by atoms with Crippen molar-refractivity contribution in [3.05, 3.63) is 39.9 Å². The molecule has 0 spiro atoms. The zero-order valence-corrected chi connectivity index (χ0v) is 9.52. The van der Waals surface area contributed by atoms with Crippen molar-refractivity contribution in [2.75, 3.05) is 0 Å². The molecule has 0 bridgehead atoms. The van der Waals surface area contributed by atoms with Crippen molar-refractivity contribution in [1.29, 1.82) is 0 Å². The summed E-state index contributed by atoms with van der Waals surface area (Å²) in [6.45, 7) is 0.629. The van der Waals surface area contributed by atoms with Gasteiger partial charge in [-0.2, -0.15) is 0 Å². The summed E-state index contributed by atoms with van der Waals surface area (Å²) < 4.78 is 1.75. The molecule has 0 unspecified atom stereocenters. The minimum Gasteiger partial charge on any atom is -0.392 e. The van der Waals surface area contributed by atoms with Gasteiger partial charge in [-0.25, -0.2) is 4.98 Å². The smallest absolute Gasteiger partial charge is 0.261 e. The van der Waals surface area contributed by atoms with Gasteiger partial charge in [-0.1, -0.05) is 12.1 Å². The number of rotatable bonds is 1. The lowest BCUT2D eigenvalue weighted by Gasteiger charge is -2.18. The Bertz CT molecular complexity index is 631. The Labute approximate surface area is 98.5 Å². The number of fused-ring (bicyclic) bond motifs is 2. The lowest BCUT2D eigenvalue weighted by atomic mass is 10.1. The van der Waals surface area contributed by atoms with Crippen LogP contribution in [-0.2, 0) is 19.6 Å². The molecule has 0 saturated heterocycles. The molecule has 0 radical (unpaired) electrons. The van der Waals surface area contributed by atoms with Crippen molar-refractivity contribution in [2.45, 2.75) is 32.4 Å². The second-order valence-electron chi connectivity index (χ2n) is 4.41. The average molecular weight is 230 g/mol. The fourth-order valence-electron chi connectivity index (χ4n) is 2.48. The van der Waals surface area contributed by atoms with E-state index in [9.17, 15) is 9.90 Å². The van der Waals surface area contributed by atoms with Crippen LogP contribution in [-0.4, -0.2) is 14.7 Å². The highest BCUT2D eigenvalue weighted by Crippen LogP contribution is 2.17. The van der Waals surface area contributed by atoms with Gasteiger partial charge in [0, 0.05) is 13.0 Å². The maximum atomic E-state index is 12.4. The second-order valence-corrected chi connectivity index (χ2v) is 4.41. The average Bonchev–Trinajstić information content (AvgIpc) is 2.38. The summed E-state index contributed by atoms with van der Waals surface area (Å²) in [6, 6.07) is 5.45. The van der Waals surface area contributed by atoms with Gasteiger partial charge in [0.05, 0.1) is 17.5 Å². The Morgan fingerprint density at radius 3 is 3.06 bits per heavy atom. The molecule has 2 aromatic rings. The van der Waals surface area contributed by atoms with Crippen LogP contribution in [0.3, 0.4) is 0 Å². The summed E-state index contributed by atoms with van der Waals surface area (Å²) in [5, 5.41) is 9.86. The van der Waals surface area contributed by atoms with Crippen LogP contribution in [0.5, 0.6) is 0 Å². The van der Waals surface area contributed by atoms with E-state index in [2.05, 4.69) is 4.98 Å². The molecule has 0 atom stereocenters. The molecule has 3 rings (SSSR count). The molecule has 1 aromatic carbocycles. The highest BCUT2D eigenvalue weighted by Gasteiger charge is 2.15. The summed E-state index contributed by atoms with van der Waals surface area (Å²) in [7, 11) is 0. The molecule has 0 fully saturated rings. The van der Waals surface area contributed by atoms with Crippen LogP contribution in [0, 0.1) is 0 Å². The maximum absolute atomic E-state index is 12.4. The van der Waals surface area contributed by atoms with Gasteiger partial charge in [0.15, 0.2) is 0 Å². The quantitative estimate of drug-likeness (QED) is 0.801. The van der Waals surface area contributed by atoms with Gasteiger partial charge in [-0.15, -0.1) is 0 Å². The highest BCUT2D eigenvalue weighted by molar-refractivity contribution is 5.81. The van der Waals surface area contributed by atoms with Gasteiger partial charge in [0.1, 0.15) is 5.82 Å². The fourth-order valence-corrected chi connectivity index (χ4v) is 2.48. The van der Waals surface area contributed by atoms with Crippen molar-refractivity contribution in [1.82, 2.24) is 9.55 Å². The van der Waals surface area contributed by atoms with Crippen LogP contribution >= 0.6 is 0 Å².